The number of guanidine groups is 1. The molecule has 2 aliphatic heterocycles. The van der Waals surface area contributed by atoms with E-state index >= 15 is 0 Å². The highest BCUT2D eigenvalue weighted by molar-refractivity contribution is 14.0. The summed E-state index contributed by atoms with van der Waals surface area (Å²) in [7, 11) is 3.96. The van der Waals surface area contributed by atoms with Gasteiger partial charge >= 0.3 is 0 Å². The van der Waals surface area contributed by atoms with E-state index in [1.165, 1.54) is 12.8 Å². The number of aromatic nitrogens is 1. The summed E-state index contributed by atoms with van der Waals surface area (Å²) < 4.78 is 0. The first-order valence-corrected chi connectivity index (χ1v) is 11.8. The molecule has 3 heterocycles. The fourth-order valence-corrected chi connectivity index (χ4v) is 4.83. The van der Waals surface area contributed by atoms with Crippen LogP contribution >= 0.6 is 24.0 Å². The Labute approximate surface area is 209 Å². The number of carbonyl (C=O) groups is 1. The van der Waals surface area contributed by atoms with Crippen molar-refractivity contribution in [2.45, 2.75) is 44.7 Å². The molecule has 0 spiro atoms. The minimum atomic E-state index is 0. The number of carbonyl (C=O) groups excluding carboxylic acids is 1. The van der Waals surface area contributed by atoms with Gasteiger partial charge in [0, 0.05) is 71.0 Å². The molecule has 0 aromatic carbocycles. The number of nitrogens with one attached hydrogen (secondary N) is 2. The Bertz CT molecular complexity index is 758. The summed E-state index contributed by atoms with van der Waals surface area (Å²) in [5.74, 6) is 2.45. The van der Waals surface area contributed by atoms with E-state index in [9.17, 15) is 4.79 Å². The molecule has 178 valence electrons. The van der Waals surface area contributed by atoms with Gasteiger partial charge in [-0.2, -0.15) is 0 Å². The highest BCUT2D eigenvalue weighted by Gasteiger charge is 2.32. The van der Waals surface area contributed by atoms with Gasteiger partial charge in [0.15, 0.2) is 5.96 Å². The normalized spacial score (nSPS) is 22.7. The average molecular weight is 556 g/mol. The molecule has 2 N–H and O–H groups in total. The number of piperazine rings is 1. The zero-order chi connectivity index (χ0) is 21.6. The summed E-state index contributed by atoms with van der Waals surface area (Å²) in [5.41, 5.74) is 1.13. The highest BCUT2D eigenvalue weighted by Crippen LogP contribution is 2.27. The van der Waals surface area contributed by atoms with Crippen LogP contribution in [0, 0.1) is 5.92 Å². The van der Waals surface area contributed by atoms with E-state index in [2.05, 4.69) is 49.6 Å². The highest BCUT2D eigenvalue weighted by atomic mass is 127. The predicted octanol–water partition coefficient (Wildman–Crippen LogP) is 1.91. The molecule has 4 rings (SSSR count). The van der Waals surface area contributed by atoms with Crippen LogP contribution < -0.4 is 15.5 Å². The monoisotopic (exact) mass is 555 g/mol. The number of pyridine rings is 1. The van der Waals surface area contributed by atoms with Crippen LogP contribution in [0.15, 0.2) is 23.3 Å². The van der Waals surface area contributed by atoms with Gasteiger partial charge < -0.3 is 25.3 Å². The molecule has 1 atom stereocenters. The molecular weight excluding hydrogens is 517 g/mol. The van der Waals surface area contributed by atoms with Crippen LogP contribution in [0.4, 0.5) is 5.82 Å². The molecule has 8 nitrogen and oxygen atoms in total. The molecule has 1 aromatic heterocycles. The molecule has 2 saturated heterocycles. The maximum atomic E-state index is 12.7. The number of likely N-dealkylation sites (tertiary alicyclic amines) is 1. The van der Waals surface area contributed by atoms with Crippen LogP contribution in [0.25, 0.3) is 0 Å². The lowest BCUT2D eigenvalue weighted by Crippen LogP contribution is -2.45. The van der Waals surface area contributed by atoms with Crippen molar-refractivity contribution < 1.29 is 4.79 Å². The summed E-state index contributed by atoms with van der Waals surface area (Å²) in [6.45, 7) is 6.51. The van der Waals surface area contributed by atoms with Gasteiger partial charge in [-0.05, 0) is 37.9 Å². The predicted molar refractivity (Wildman–Crippen MR) is 140 cm³/mol. The van der Waals surface area contributed by atoms with Gasteiger partial charge in [-0.25, -0.2) is 4.98 Å². The number of halogens is 1. The van der Waals surface area contributed by atoms with Crippen LogP contribution in [0.2, 0.25) is 0 Å². The Morgan fingerprint density at radius 2 is 1.88 bits per heavy atom. The molecule has 1 aliphatic carbocycles. The van der Waals surface area contributed by atoms with E-state index in [1.54, 1.807) is 7.05 Å². The maximum absolute atomic E-state index is 12.7. The van der Waals surface area contributed by atoms with Crippen molar-refractivity contribution in [3.8, 4) is 0 Å². The second-order valence-corrected chi connectivity index (χ2v) is 9.14. The number of nitrogens with zero attached hydrogens (tertiary/aromatic N) is 5. The second-order valence-electron chi connectivity index (χ2n) is 9.14. The van der Waals surface area contributed by atoms with Crippen molar-refractivity contribution in [3.05, 3.63) is 23.9 Å². The molecule has 1 saturated carbocycles. The van der Waals surface area contributed by atoms with Crippen LogP contribution in [-0.2, 0) is 11.3 Å². The average Bonchev–Trinajstić information content (AvgIpc) is 3.50. The fourth-order valence-electron chi connectivity index (χ4n) is 4.83. The minimum absolute atomic E-state index is 0. The molecule has 32 heavy (non-hydrogen) atoms. The number of hydrogen-bond acceptors (Lipinski definition) is 5. The number of amides is 1. The zero-order valence-electron chi connectivity index (χ0n) is 19.4. The second kappa shape index (κ2) is 12.0. The summed E-state index contributed by atoms with van der Waals surface area (Å²) >= 11 is 0. The SMILES string of the molecule is CN=C(NCc1ccc(N2CCN(C)CC2)nc1)NC1CCN(C(=O)C2CCCC2)C1.I. The van der Waals surface area contributed by atoms with Gasteiger partial charge in [0.25, 0.3) is 0 Å². The lowest BCUT2D eigenvalue weighted by atomic mass is 10.1. The molecule has 3 fully saturated rings. The Kier molecular flexibility index (Phi) is 9.39. The molecular formula is C23H38IN7O. The van der Waals surface area contributed by atoms with Crippen molar-refractivity contribution in [3.63, 3.8) is 0 Å². The van der Waals surface area contributed by atoms with Crippen LogP contribution in [0.1, 0.15) is 37.7 Å². The quantitative estimate of drug-likeness (QED) is 0.329. The summed E-state index contributed by atoms with van der Waals surface area (Å²) in [5, 5.41) is 6.88. The van der Waals surface area contributed by atoms with Crippen molar-refractivity contribution in [1.82, 2.24) is 25.4 Å². The van der Waals surface area contributed by atoms with Gasteiger partial charge in [-0.15, -0.1) is 24.0 Å². The first-order chi connectivity index (χ1) is 15.1. The molecule has 1 aromatic rings. The first kappa shape index (κ1) is 25.0. The largest absolute Gasteiger partial charge is 0.354 e. The Hall–Kier alpha value is -1.62. The smallest absolute Gasteiger partial charge is 0.225 e. The Morgan fingerprint density at radius 3 is 2.53 bits per heavy atom. The zero-order valence-corrected chi connectivity index (χ0v) is 21.8. The standard InChI is InChI=1S/C23H37N7O.HI/c1-24-23(27-20-9-10-30(17-20)22(31)19-5-3-4-6-19)26-16-18-7-8-21(25-15-18)29-13-11-28(2)12-14-29;/h7-8,15,19-20H,3-6,9-14,16-17H2,1-2H3,(H2,24,26,27);1H. The summed E-state index contributed by atoms with van der Waals surface area (Å²) in [4.78, 5) is 28.4. The van der Waals surface area contributed by atoms with Crippen molar-refractivity contribution >= 4 is 41.7 Å². The molecule has 0 bridgehead atoms. The number of rotatable bonds is 5. The third-order valence-corrected chi connectivity index (χ3v) is 6.87. The molecule has 3 aliphatic rings. The number of likely N-dealkylation sites (N-methyl/N-ethyl adjacent to an activating group) is 1. The Balaban J connectivity index is 0.00000289. The molecule has 9 heteroatoms. The third kappa shape index (κ3) is 6.46. The summed E-state index contributed by atoms with van der Waals surface area (Å²) in [6.07, 6.45) is 7.46. The lowest BCUT2D eigenvalue weighted by Gasteiger charge is -2.33. The first-order valence-electron chi connectivity index (χ1n) is 11.8. The fraction of sp³-hybridized carbons (Fsp3) is 0.696. The van der Waals surface area contributed by atoms with E-state index in [4.69, 9.17) is 0 Å². The molecule has 0 radical (unpaired) electrons. The van der Waals surface area contributed by atoms with Crippen molar-refractivity contribution in [2.24, 2.45) is 10.9 Å². The van der Waals surface area contributed by atoms with E-state index < -0.39 is 0 Å². The maximum Gasteiger partial charge on any atom is 0.225 e. The van der Waals surface area contributed by atoms with Crippen molar-refractivity contribution in [2.75, 3.05) is 58.3 Å². The van der Waals surface area contributed by atoms with E-state index in [1.807, 2.05) is 11.1 Å². The van der Waals surface area contributed by atoms with Crippen LogP contribution in [0.5, 0.6) is 0 Å². The van der Waals surface area contributed by atoms with Gasteiger partial charge in [-0.1, -0.05) is 18.9 Å². The minimum Gasteiger partial charge on any atom is -0.354 e. The van der Waals surface area contributed by atoms with E-state index in [-0.39, 0.29) is 35.9 Å². The van der Waals surface area contributed by atoms with E-state index in [0.717, 1.165) is 75.9 Å². The van der Waals surface area contributed by atoms with Gasteiger partial charge in [0.2, 0.25) is 5.91 Å². The van der Waals surface area contributed by atoms with Crippen LogP contribution in [-0.4, -0.2) is 86.1 Å². The van der Waals surface area contributed by atoms with Crippen LogP contribution in [0.3, 0.4) is 0 Å². The van der Waals surface area contributed by atoms with Gasteiger partial charge in [0.05, 0.1) is 0 Å². The lowest BCUT2D eigenvalue weighted by molar-refractivity contribution is -0.134. The van der Waals surface area contributed by atoms with Crippen molar-refractivity contribution in [1.29, 1.82) is 0 Å². The van der Waals surface area contributed by atoms with Gasteiger partial charge in [-0.3, -0.25) is 9.79 Å². The number of aliphatic imine (C=N–C) groups is 1. The molecule has 1 unspecified atom stereocenters. The Morgan fingerprint density at radius 1 is 1.12 bits per heavy atom. The topological polar surface area (TPSA) is 76.1 Å². The number of hydrogen-bond donors (Lipinski definition) is 2. The molecule has 1 amide bonds. The number of anilines is 1. The van der Waals surface area contributed by atoms with Gasteiger partial charge in [0.1, 0.15) is 5.82 Å². The van der Waals surface area contributed by atoms with E-state index in [0.29, 0.717) is 12.5 Å². The summed E-state index contributed by atoms with van der Waals surface area (Å²) in [6, 6.07) is 4.51. The third-order valence-electron chi connectivity index (χ3n) is 6.87.